The van der Waals surface area contributed by atoms with Gasteiger partial charge in [0, 0.05) is 37.6 Å². The van der Waals surface area contributed by atoms with Gasteiger partial charge in [-0.3, -0.25) is 9.69 Å². The van der Waals surface area contributed by atoms with Crippen molar-refractivity contribution in [2.24, 2.45) is 11.8 Å². The van der Waals surface area contributed by atoms with Crippen LogP contribution in [-0.2, 0) is 4.79 Å². The highest BCUT2D eigenvalue weighted by atomic mass is 16.2. The van der Waals surface area contributed by atoms with Gasteiger partial charge in [-0.1, -0.05) is 26.7 Å². The molecule has 0 aromatic heterocycles. The van der Waals surface area contributed by atoms with Crippen molar-refractivity contribution in [1.82, 2.24) is 14.7 Å². The Morgan fingerprint density at radius 1 is 1.04 bits per heavy atom. The van der Waals surface area contributed by atoms with E-state index in [4.69, 9.17) is 0 Å². The second-order valence-corrected chi connectivity index (χ2v) is 8.50. The molecule has 1 saturated carbocycles. The Balaban J connectivity index is 1.53. The van der Waals surface area contributed by atoms with Crippen LogP contribution in [0.4, 0.5) is 0 Å². The first-order valence-electron chi connectivity index (χ1n) is 9.77. The number of hydrogen-bond acceptors (Lipinski definition) is 3. The molecular weight excluding hydrogens is 286 g/mol. The molecule has 2 saturated heterocycles. The number of hydrogen-bond donors (Lipinski definition) is 0. The lowest BCUT2D eigenvalue weighted by atomic mass is 9.95. The average molecular weight is 322 g/mol. The Morgan fingerprint density at radius 3 is 2.22 bits per heavy atom. The molecule has 2 aliphatic heterocycles. The minimum absolute atomic E-state index is 0.345. The van der Waals surface area contributed by atoms with E-state index in [1.165, 1.54) is 45.3 Å². The Hall–Kier alpha value is -0.610. The summed E-state index contributed by atoms with van der Waals surface area (Å²) in [6.45, 7) is 10.2. The van der Waals surface area contributed by atoms with Gasteiger partial charge in [0.25, 0.3) is 0 Å². The topological polar surface area (TPSA) is 26.8 Å². The number of carbonyl (C=O) groups is 1. The van der Waals surface area contributed by atoms with E-state index < -0.39 is 0 Å². The molecule has 0 atom stereocenters. The lowest BCUT2D eigenvalue weighted by Gasteiger charge is -2.50. The van der Waals surface area contributed by atoms with E-state index in [-0.39, 0.29) is 0 Å². The molecule has 1 aliphatic carbocycles. The molecule has 0 aromatic rings. The number of nitrogens with zero attached hydrogens (tertiary/aromatic N) is 3. The van der Waals surface area contributed by atoms with Crippen LogP contribution >= 0.6 is 0 Å². The van der Waals surface area contributed by atoms with Gasteiger partial charge in [0.1, 0.15) is 0 Å². The summed E-state index contributed by atoms with van der Waals surface area (Å²) >= 11 is 0. The first-order valence-corrected chi connectivity index (χ1v) is 9.77. The summed E-state index contributed by atoms with van der Waals surface area (Å²) in [5.41, 5.74) is 0. The van der Waals surface area contributed by atoms with E-state index in [1.54, 1.807) is 0 Å². The van der Waals surface area contributed by atoms with E-state index >= 15 is 0 Å². The van der Waals surface area contributed by atoms with Gasteiger partial charge in [-0.25, -0.2) is 0 Å². The molecule has 0 N–H and O–H groups in total. The maximum Gasteiger partial charge on any atom is 0.225 e. The first kappa shape index (κ1) is 17.2. The molecule has 0 aromatic carbocycles. The third-order valence-electron chi connectivity index (χ3n) is 6.08. The highest BCUT2D eigenvalue weighted by Gasteiger charge is 2.40. The maximum absolute atomic E-state index is 12.5. The van der Waals surface area contributed by atoms with Crippen molar-refractivity contribution in [2.45, 2.75) is 64.5 Å². The van der Waals surface area contributed by atoms with Crippen LogP contribution < -0.4 is 0 Å². The van der Waals surface area contributed by atoms with Gasteiger partial charge in [0.05, 0.1) is 0 Å². The number of amides is 1. The number of likely N-dealkylation sites (tertiary alicyclic amines) is 2. The Kier molecular flexibility index (Phi) is 5.63. The van der Waals surface area contributed by atoms with E-state index in [0.717, 1.165) is 32.0 Å². The van der Waals surface area contributed by atoms with Crippen molar-refractivity contribution in [3.8, 4) is 0 Å². The van der Waals surface area contributed by atoms with E-state index in [1.807, 2.05) is 0 Å². The second-order valence-electron chi connectivity index (χ2n) is 8.50. The molecule has 0 unspecified atom stereocenters. The molecule has 4 nitrogen and oxygen atoms in total. The van der Waals surface area contributed by atoms with Gasteiger partial charge >= 0.3 is 0 Å². The number of piperidine rings is 1. The van der Waals surface area contributed by atoms with E-state index in [0.29, 0.717) is 23.8 Å². The van der Waals surface area contributed by atoms with Crippen LogP contribution in [0.5, 0.6) is 0 Å². The number of carbonyl (C=O) groups excluding carboxylic acids is 1. The highest BCUT2D eigenvalue weighted by Crippen LogP contribution is 2.30. The minimum atomic E-state index is 0.345. The molecule has 2 heterocycles. The number of rotatable bonds is 5. The molecule has 3 fully saturated rings. The van der Waals surface area contributed by atoms with Crippen molar-refractivity contribution < 1.29 is 4.79 Å². The molecule has 0 bridgehead atoms. The summed E-state index contributed by atoms with van der Waals surface area (Å²) < 4.78 is 0. The lowest BCUT2D eigenvalue weighted by Crippen LogP contribution is -2.65. The SMILES string of the molecule is CC(C)CN(C1CCN(C)CC1)C1CN(C(=O)C2CCCC2)C1. The Morgan fingerprint density at radius 2 is 1.65 bits per heavy atom. The molecule has 132 valence electrons. The fourth-order valence-electron chi connectivity index (χ4n) is 4.62. The maximum atomic E-state index is 12.5. The second kappa shape index (κ2) is 7.52. The average Bonchev–Trinajstić information content (AvgIpc) is 2.99. The Labute approximate surface area is 142 Å². The first-order chi connectivity index (χ1) is 11.0. The van der Waals surface area contributed by atoms with Gasteiger partial charge in [-0.15, -0.1) is 0 Å². The van der Waals surface area contributed by atoms with Crippen molar-refractivity contribution in [2.75, 3.05) is 39.8 Å². The summed E-state index contributed by atoms with van der Waals surface area (Å²) in [7, 11) is 2.23. The van der Waals surface area contributed by atoms with Crippen molar-refractivity contribution >= 4 is 5.91 Å². The van der Waals surface area contributed by atoms with E-state index in [9.17, 15) is 4.79 Å². The largest absolute Gasteiger partial charge is 0.339 e. The predicted molar refractivity (Wildman–Crippen MR) is 94.4 cm³/mol. The minimum Gasteiger partial charge on any atom is -0.339 e. The molecular formula is C19H35N3O. The van der Waals surface area contributed by atoms with Crippen molar-refractivity contribution in [1.29, 1.82) is 0 Å². The van der Waals surface area contributed by atoms with Crippen LogP contribution in [-0.4, -0.2) is 72.5 Å². The summed E-state index contributed by atoms with van der Waals surface area (Å²) in [6.07, 6.45) is 7.34. The summed E-state index contributed by atoms with van der Waals surface area (Å²) in [6, 6.07) is 1.33. The summed E-state index contributed by atoms with van der Waals surface area (Å²) in [5.74, 6) is 1.50. The van der Waals surface area contributed by atoms with Crippen molar-refractivity contribution in [3.05, 3.63) is 0 Å². The Bertz CT molecular complexity index is 391. The van der Waals surface area contributed by atoms with Crippen LogP contribution in [0.2, 0.25) is 0 Å². The third-order valence-corrected chi connectivity index (χ3v) is 6.08. The predicted octanol–water partition coefficient (Wildman–Crippen LogP) is 2.44. The normalized spacial score (nSPS) is 25.5. The molecule has 4 heteroatoms. The zero-order valence-corrected chi connectivity index (χ0v) is 15.3. The van der Waals surface area contributed by atoms with Crippen LogP contribution in [0.1, 0.15) is 52.4 Å². The molecule has 3 aliphatic rings. The molecule has 3 rings (SSSR count). The smallest absolute Gasteiger partial charge is 0.225 e. The van der Waals surface area contributed by atoms with Gasteiger partial charge < -0.3 is 9.80 Å². The van der Waals surface area contributed by atoms with Crippen LogP contribution in [0.3, 0.4) is 0 Å². The highest BCUT2D eigenvalue weighted by molar-refractivity contribution is 5.80. The van der Waals surface area contributed by atoms with Gasteiger partial charge in [0.15, 0.2) is 0 Å². The van der Waals surface area contributed by atoms with Crippen molar-refractivity contribution in [3.63, 3.8) is 0 Å². The molecule has 0 spiro atoms. The zero-order valence-electron chi connectivity index (χ0n) is 15.3. The lowest BCUT2D eigenvalue weighted by molar-refractivity contribution is -0.144. The van der Waals surface area contributed by atoms with E-state index in [2.05, 4.69) is 35.6 Å². The fraction of sp³-hybridized carbons (Fsp3) is 0.947. The molecule has 1 amide bonds. The monoisotopic (exact) mass is 321 g/mol. The summed E-state index contributed by atoms with van der Waals surface area (Å²) in [4.78, 5) is 19.9. The quantitative estimate of drug-likeness (QED) is 0.778. The third kappa shape index (κ3) is 4.08. The van der Waals surface area contributed by atoms with Crippen LogP contribution in [0.15, 0.2) is 0 Å². The van der Waals surface area contributed by atoms with Crippen LogP contribution in [0.25, 0.3) is 0 Å². The zero-order chi connectivity index (χ0) is 16.4. The van der Waals surface area contributed by atoms with Gasteiger partial charge in [0.2, 0.25) is 5.91 Å². The van der Waals surface area contributed by atoms with Crippen LogP contribution in [0, 0.1) is 11.8 Å². The standard InChI is InChI=1S/C19H35N3O/c1-15(2)12-22(17-8-10-20(3)11-9-17)18-13-21(14-18)19(23)16-6-4-5-7-16/h15-18H,4-14H2,1-3H3. The molecule has 23 heavy (non-hydrogen) atoms. The van der Waals surface area contributed by atoms with Gasteiger partial charge in [-0.05, 0) is 51.7 Å². The fourth-order valence-corrected chi connectivity index (χ4v) is 4.62. The molecule has 0 radical (unpaired) electrons. The summed E-state index contributed by atoms with van der Waals surface area (Å²) in [5, 5.41) is 0. The van der Waals surface area contributed by atoms with Gasteiger partial charge in [-0.2, -0.15) is 0 Å².